The summed E-state index contributed by atoms with van der Waals surface area (Å²) in [4.78, 5) is 30.5. The molecule has 0 radical (unpaired) electrons. The Morgan fingerprint density at radius 3 is 2.44 bits per heavy atom. The molecule has 7 heteroatoms. The zero-order chi connectivity index (χ0) is 25.1. The van der Waals surface area contributed by atoms with Gasteiger partial charge in [-0.1, -0.05) is 17.7 Å². The Balaban J connectivity index is 1.28. The standard InChI is InChI=1S/C29H34ClN3O3/c1-18-4-3-9-33(18,28(35)36)26-23(5-2-8-31-26)22-6-7-25(30)24(13-22)27(34)32-17-29-14-19-10-20(15-29)12-21(11-19)16-29/h2,5-8,13,18-21H,3-4,9-12,14-17H2,1H3,(H-,32,34,35,36)/p+1/t18-,19?,20?,21?,29?,33?/m1/s1. The highest BCUT2D eigenvalue weighted by atomic mass is 35.5. The second-order valence-corrected chi connectivity index (χ2v) is 12.4. The van der Waals surface area contributed by atoms with Gasteiger partial charge in [-0.05, 0) is 98.4 Å². The van der Waals surface area contributed by atoms with Gasteiger partial charge in [-0.15, -0.1) is 0 Å². The number of hydrogen-bond acceptors (Lipinski definition) is 3. The fourth-order valence-corrected chi connectivity index (χ4v) is 8.65. The molecule has 2 amide bonds. The van der Waals surface area contributed by atoms with E-state index in [4.69, 9.17) is 11.6 Å². The minimum atomic E-state index is -0.887. The van der Waals surface area contributed by atoms with Crippen LogP contribution in [-0.2, 0) is 0 Å². The zero-order valence-electron chi connectivity index (χ0n) is 20.9. The molecule has 4 saturated carbocycles. The summed E-state index contributed by atoms with van der Waals surface area (Å²) in [6.45, 7) is 3.20. The van der Waals surface area contributed by atoms with Crippen molar-refractivity contribution in [3.8, 4) is 11.1 Å². The molecule has 1 unspecified atom stereocenters. The lowest BCUT2D eigenvalue weighted by molar-refractivity contribution is -0.0503. The summed E-state index contributed by atoms with van der Waals surface area (Å²) in [6, 6.07) is 9.04. The fourth-order valence-electron chi connectivity index (χ4n) is 8.44. The zero-order valence-corrected chi connectivity index (χ0v) is 21.6. The van der Waals surface area contributed by atoms with E-state index in [0.717, 1.165) is 41.7 Å². The Labute approximate surface area is 217 Å². The normalized spacial score (nSPS) is 34.6. The van der Waals surface area contributed by atoms with Crippen LogP contribution in [0, 0.1) is 23.2 Å². The van der Waals surface area contributed by atoms with Crippen LogP contribution in [0.3, 0.4) is 0 Å². The van der Waals surface area contributed by atoms with E-state index < -0.39 is 6.09 Å². The molecule has 36 heavy (non-hydrogen) atoms. The molecule has 4 aliphatic carbocycles. The molecule has 7 rings (SSSR count). The van der Waals surface area contributed by atoms with Crippen molar-refractivity contribution in [2.75, 3.05) is 13.1 Å². The Morgan fingerprint density at radius 2 is 1.83 bits per heavy atom. The van der Waals surface area contributed by atoms with E-state index in [1.165, 1.54) is 38.5 Å². The van der Waals surface area contributed by atoms with Crippen molar-refractivity contribution in [1.29, 1.82) is 0 Å². The molecule has 5 aliphatic rings. The first kappa shape index (κ1) is 23.9. The van der Waals surface area contributed by atoms with Gasteiger partial charge in [0, 0.05) is 25.6 Å². The average Bonchev–Trinajstić information content (AvgIpc) is 3.24. The first-order valence-electron chi connectivity index (χ1n) is 13.4. The third-order valence-corrected chi connectivity index (χ3v) is 10.0. The van der Waals surface area contributed by atoms with Crippen LogP contribution >= 0.6 is 11.6 Å². The van der Waals surface area contributed by atoms with E-state index in [0.29, 0.717) is 29.5 Å². The molecule has 1 aromatic carbocycles. The fraction of sp³-hybridized carbons (Fsp3) is 0.552. The predicted molar refractivity (Wildman–Crippen MR) is 141 cm³/mol. The van der Waals surface area contributed by atoms with Gasteiger partial charge in [-0.3, -0.25) is 4.79 Å². The largest absolute Gasteiger partial charge is 0.520 e. The molecule has 1 aliphatic heterocycles. The van der Waals surface area contributed by atoms with Crippen LogP contribution in [0.5, 0.6) is 0 Å². The summed E-state index contributed by atoms with van der Waals surface area (Å²) in [5.41, 5.74) is 2.18. The van der Waals surface area contributed by atoms with Gasteiger partial charge >= 0.3 is 6.09 Å². The third-order valence-electron chi connectivity index (χ3n) is 9.70. The lowest BCUT2D eigenvalue weighted by atomic mass is 9.49. The quantitative estimate of drug-likeness (QED) is 0.451. The number of nitrogens with zero attached hydrogens (tertiary/aromatic N) is 2. The van der Waals surface area contributed by atoms with Gasteiger partial charge in [-0.25, -0.2) is 4.98 Å². The van der Waals surface area contributed by atoms with Gasteiger partial charge < -0.3 is 10.4 Å². The number of carbonyl (C=O) groups excluding carboxylic acids is 1. The number of nitrogens with one attached hydrogen (secondary N) is 1. The number of pyridine rings is 1. The number of likely N-dealkylation sites (tertiary alicyclic amines) is 1. The first-order chi connectivity index (χ1) is 17.3. The van der Waals surface area contributed by atoms with E-state index >= 15 is 0 Å². The molecule has 2 heterocycles. The van der Waals surface area contributed by atoms with Crippen LogP contribution in [0.25, 0.3) is 11.1 Å². The minimum Gasteiger partial charge on any atom is -0.435 e. The topological polar surface area (TPSA) is 79.3 Å². The van der Waals surface area contributed by atoms with Gasteiger partial charge in [0.05, 0.1) is 22.7 Å². The summed E-state index contributed by atoms with van der Waals surface area (Å²) in [5.74, 6) is 2.88. The Hall–Kier alpha value is -2.44. The number of halogens is 1. The van der Waals surface area contributed by atoms with Crippen molar-refractivity contribution in [2.24, 2.45) is 23.2 Å². The molecular formula is C29H35ClN3O3+. The molecule has 4 bridgehead atoms. The lowest BCUT2D eigenvalue weighted by Crippen LogP contribution is -2.56. The van der Waals surface area contributed by atoms with Crippen molar-refractivity contribution in [3.63, 3.8) is 0 Å². The number of aromatic nitrogens is 1. The maximum absolute atomic E-state index is 13.4. The number of rotatable bonds is 5. The summed E-state index contributed by atoms with van der Waals surface area (Å²) in [5, 5.41) is 13.9. The van der Waals surface area contributed by atoms with Crippen LogP contribution in [0.15, 0.2) is 36.5 Å². The number of benzene rings is 1. The highest BCUT2D eigenvalue weighted by Gasteiger charge is 2.52. The summed E-state index contributed by atoms with van der Waals surface area (Å²) < 4.78 is -0.188. The average molecular weight is 509 g/mol. The Morgan fingerprint density at radius 1 is 1.14 bits per heavy atom. The number of hydrogen-bond donors (Lipinski definition) is 2. The van der Waals surface area contributed by atoms with Crippen LogP contribution in [0.4, 0.5) is 10.6 Å². The lowest BCUT2D eigenvalue weighted by Gasteiger charge is -2.56. The van der Waals surface area contributed by atoms with Gasteiger partial charge in [0.25, 0.3) is 5.91 Å². The molecule has 5 fully saturated rings. The number of quaternary nitrogens is 1. The van der Waals surface area contributed by atoms with Crippen molar-refractivity contribution >= 4 is 29.4 Å². The molecule has 1 aromatic heterocycles. The van der Waals surface area contributed by atoms with E-state index in [9.17, 15) is 14.7 Å². The van der Waals surface area contributed by atoms with Crippen LogP contribution in [-0.4, -0.2) is 41.2 Å². The minimum absolute atomic E-state index is 0.0773. The molecule has 0 spiro atoms. The van der Waals surface area contributed by atoms with Crippen molar-refractivity contribution in [1.82, 2.24) is 14.8 Å². The second kappa shape index (κ2) is 8.84. The summed E-state index contributed by atoms with van der Waals surface area (Å²) in [6.07, 6.45) is 10.3. The first-order valence-corrected chi connectivity index (χ1v) is 13.8. The molecule has 6 nitrogen and oxygen atoms in total. The highest BCUT2D eigenvalue weighted by Crippen LogP contribution is 2.59. The molecule has 2 N–H and O–H groups in total. The van der Waals surface area contributed by atoms with E-state index in [1.807, 2.05) is 25.1 Å². The smallest absolute Gasteiger partial charge is 0.435 e. The Bertz CT molecular complexity index is 1180. The van der Waals surface area contributed by atoms with Crippen molar-refractivity contribution in [3.05, 3.63) is 47.1 Å². The number of carboxylic acid groups (broad SMARTS) is 1. The molecular weight excluding hydrogens is 474 g/mol. The number of amides is 2. The summed E-state index contributed by atoms with van der Waals surface area (Å²) in [7, 11) is 0. The van der Waals surface area contributed by atoms with Gasteiger partial charge in [0.15, 0.2) is 0 Å². The predicted octanol–water partition coefficient (Wildman–Crippen LogP) is 6.52. The number of carbonyl (C=O) groups is 2. The third kappa shape index (κ3) is 3.84. The van der Waals surface area contributed by atoms with Crippen LogP contribution < -0.4 is 9.80 Å². The van der Waals surface area contributed by atoms with E-state index in [-0.39, 0.29) is 21.8 Å². The van der Waals surface area contributed by atoms with E-state index in [1.54, 1.807) is 18.3 Å². The van der Waals surface area contributed by atoms with Crippen molar-refractivity contribution < 1.29 is 14.7 Å². The second-order valence-electron chi connectivity index (χ2n) is 12.0. The Kier molecular flexibility index (Phi) is 5.88. The maximum atomic E-state index is 13.4. The van der Waals surface area contributed by atoms with Gasteiger partial charge in [0.1, 0.15) is 6.04 Å². The van der Waals surface area contributed by atoms with Crippen molar-refractivity contribution in [2.45, 2.75) is 64.3 Å². The molecule has 2 atom stereocenters. The van der Waals surface area contributed by atoms with Crippen LogP contribution in [0.2, 0.25) is 5.02 Å². The van der Waals surface area contributed by atoms with Crippen LogP contribution in [0.1, 0.15) is 68.6 Å². The highest BCUT2D eigenvalue weighted by molar-refractivity contribution is 6.34. The monoisotopic (exact) mass is 508 g/mol. The van der Waals surface area contributed by atoms with Gasteiger partial charge in [-0.2, -0.15) is 9.28 Å². The van der Waals surface area contributed by atoms with Gasteiger partial charge in [0.2, 0.25) is 5.82 Å². The molecule has 1 saturated heterocycles. The molecule has 2 aromatic rings. The SMILES string of the molecule is C[C@@H]1CCC[N+]1(C(=O)O)c1ncccc1-c1ccc(Cl)c(C(=O)NCC23CC4CC(CC(C4)C2)C3)c1. The maximum Gasteiger partial charge on any atom is 0.520 e. The molecule has 190 valence electrons. The van der Waals surface area contributed by atoms with E-state index in [2.05, 4.69) is 10.3 Å². The summed E-state index contributed by atoms with van der Waals surface area (Å²) >= 11 is 6.53.